The van der Waals surface area contributed by atoms with Gasteiger partial charge in [-0.25, -0.2) is 0 Å². The van der Waals surface area contributed by atoms with Crippen LogP contribution in [-0.4, -0.2) is 17.7 Å². The van der Waals surface area contributed by atoms with Gasteiger partial charge >= 0.3 is 5.97 Å². The number of benzene rings is 1. The fourth-order valence-electron chi connectivity index (χ4n) is 3.52. The van der Waals surface area contributed by atoms with E-state index in [1.807, 2.05) is 12.1 Å². The Morgan fingerprint density at radius 2 is 1.50 bits per heavy atom. The Morgan fingerprint density at radius 3 is 1.89 bits per heavy atom. The molecule has 2 atom stereocenters. The zero-order chi connectivity index (χ0) is 21.7. The predicted octanol–water partition coefficient (Wildman–Crippen LogP) is 6.54. The topological polar surface area (TPSA) is 46.5 Å². The fraction of sp³-hybridized carbons (Fsp3) is 0.720. The third-order valence-electron chi connectivity index (χ3n) is 5.83. The quantitative estimate of drug-likeness (QED) is 0.513. The van der Waals surface area contributed by atoms with Crippen molar-refractivity contribution >= 4 is 5.97 Å². The number of esters is 1. The van der Waals surface area contributed by atoms with Crippen LogP contribution in [0.15, 0.2) is 12.1 Å². The van der Waals surface area contributed by atoms with Crippen LogP contribution in [0.2, 0.25) is 0 Å². The molecule has 0 saturated carbocycles. The molecule has 28 heavy (non-hydrogen) atoms. The summed E-state index contributed by atoms with van der Waals surface area (Å²) in [6, 6.07) is 4.09. The molecule has 2 unspecified atom stereocenters. The summed E-state index contributed by atoms with van der Waals surface area (Å²) in [4.78, 5) is 12.3. The van der Waals surface area contributed by atoms with Gasteiger partial charge in [-0.05, 0) is 52.2 Å². The third kappa shape index (κ3) is 6.83. The summed E-state index contributed by atoms with van der Waals surface area (Å²) in [5, 5.41) is 10.8. The molecule has 160 valence electrons. The van der Waals surface area contributed by atoms with E-state index < -0.39 is 0 Å². The molecule has 3 heteroatoms. The number of hydrogen-bond donors (Lipinski definition) is 1. The summed E-state index contributed by atoms with van der Waals surface area (Å²) in [6.07, 6.45) is 3.14. The van der Waals surface area contributed by atoms with E-state index >= 15 is 0 Å². The lowest BCUT2D eigenvalue weighted by atomic mass is 9.78. The van der Waals surface area contributed by atoms with Gasteiger partial charge in [0.25, 0.3) is 0 Å². The van der Waals surface area contributed by atoms with Crippen molar-refractivity contribution < 1.29 is 14.6 Å². The third-order valence-corrected chi connectivity index (χ3v) is 5.83. The Hall–Kier alpha value is -1.51. The van der Waals surface area contributed by atoms with Crippen molar-refractivity contribution in [3.8, 4) is 5.75 Å². The van der Waals surface area contributed by atoms with E-state index in [0.717, 1.165) is 29.5 Å². The van der Waals surface area contributed by atoms with Gasteiger partial charge in [-0.2, -0.15) is 0 Å². The lowest BCUT2D eigenvalue weighted by Crippen LogP contribution is -2.20. The molecule has 0 aromatic heterocycles. The first-order chi connectivity index (χ1) is 12.8. The zero-order valence-corrected chi connectivity index (χ0v) is 19.6. The van der Waals surface area contributed by atoms with Crippen LogP contribution in [0.3, 0.4) is 0 Å². The SMILES string of the molecule is CCC(C)C(CC)COC(=O)CCc1cc(C(C)(C)C)c(O)c(C(C)(C)C)c1. The minimum atomic E-state index is -0.161. The Kier molecular flexibility index (Phi) is 8.59. The van der Waals surface area contributed by atoms with Crippen LogP contribution in [0.5, 0.6) is 5.75 Å². The lowest BCUT2D eigenvalue weighted by Gasteiger charge is -2.28. The van der Waals surface area contributed by atoms with Crippen molar-refractivity contribution in [1.82, 2.24) is 0 Å². The highest BCUT2D eigenvalue weighted by molar-refractivity contribution is 5.69. The molecule has 3 nitrogen and oxygen atoms in total. The van der Waals surface area contributed by atoms with E-state index in [1.54, 1.807) is 0 Å². The summed E-state index contributed by atoms with van der Waals surface area (Å²) in [7, 11) is 0. The van der Waals surface area contributed by atoms with Gasteiger partial charge in [0.1, 0.15) is 5.75 Å². The maximum absolute atomic E-state index is 12.3. The van der Waals surface area contributed by atoms with Crippen molar-refractivity contribution in [1.29, 1.82) is 0 Å². The van der Waals surface area contributed by atoms with Crippen molar-refractivity contribution in [3.05, 3.63) is 28.8 Å². The van der Waals surface area contributed by atoms with Crippen molar-refractivity contribution in [3.63, 3.8) is 0 Å². The summed E-state index contributed by atoms with van der Waals surface area (Å²) >= 11 is 0. The maximum Gasteiger partial charge on any atom is 0.306 e. The minimum absolute atomic E-state index is 0.135. The minimum Gasteiger partial charge on any atom is -0.507 e. The van der Waals surface area contributed by atoms with Crippen LogP contribution < -0.4 is 0 Å². The molecular weight excluding hydrogens is 348 g/mol. The molecule has 0 aliphatic heterocycles. The zero-order valence-electron chi connectivity index (χ0n) is 19.6. The summed E-state index contributed by atoms with van der Waals surface area (Å²) < 4.78 is 5.57. The van der Waals surface area contributed by atoms with Crippen LogP contribution in [0.25, 0.3) is 0 Å². The van der Waals surface area contributed by atoms with Gasteiger partial charge in [0.15, 0.2) is 0 Å². The number of carbonyl (C=O) groups excluding carboxylic acids is 1. The normalized spacial score (nSPS) is 14.6. The molecule has 0 heterocycles. The second kappa shape index (κ2) is 9.80. The molecule has 0 spiro atoms. The van der Waals surface area contributed by atoms with Gasteiger partial charge in [-0.3, -0.25) is 4.79 Å². The second-order valence-electron chi connectivity index (χ2n) is 10.3. The molecule has 0 aliphatic carbocycles. The van der Waals surface area contributed by atoms with Crippen LogP contribution in [0.1, 0.15) is 98.3 Å². The standard InChI is InChI=1S/C25H42O3/c1-10-17(3)19(11-2)16-28-22(26)13-12-18-14-20(24(4,5)6)23(27)21(15-18)25(7,8)9/h14-15,17,19,27H,10-13,16H2,1-9H3. The van der Waals surface area contributed by atoms with Crippen molar-refractivity contribution in [2.45, 2.75) is 98.8 Å². The molecular formula is C25H42O3. The summed E-state index contributed by atoms with van der Waals surface area (Å²) in [6.45, 7) is 19.7. The molecule has 0 amide bonds. The van der Waals surface area contributed by atoms with Gasteiger partial charge in [0.2, 0.25) is 0 Å². The number of rotatable bonds is 8. The van der Waals surface area contributed by atoms with Gasteiger partial charge in [0.05, 0.1) is 6.61 Å². The average Bonchev–Trinajstić information content (AvgIpc) is 2.58. The van der Waals surface area contributed by atoms with E-state index in [0.29, 0.717) is 37.0 Å². The number of carbonyl (C=O) groups is 1. The molecule has 1 N–H and O–H groups in total. The first-order valence-corrected chi connectivity index (χ1v) is 10.8. The first-order valence-electron chi connectivity index (χ1n) is 10.8. The van der Waals surface area contributed by atoms with E-state index in [9.17, 15) is 9.90 Å². The smallest absolute Gasteiger partial charge is 0.306 e. The largest absolute Gasteiger partial charge is 0.507 e. The van der Waals surface area contributed by atoms with Crippen LogP contribution in [0, 0.1) is 11.8 Å². The second-order valence-corrected chi connectivity index (χ2v) is 10.3. The van der Waals surface area contributed by atoms with Gasteiger partial charge < -0.3 is 9.84 Å². The monoisotopic (exact) mass is 390 g/mol. The molecule has 1 aromatic carbocycles. The summed E-state index contributed by atoms with van der Waals surface area (Å²) in [5.74, 6) is 1.25. The highest BCUT2D eigenvalue weighted by Gasteiger charge is 2.26. The molecule has 1 rings (SSSR count). The maximum atomic E-state index is 12.3. The number of aromatic hydroxyl groups is 1. The van der Waals surface area contributed by atoms with Gasteiger partial charge in [-0.1, -0.05) is 80.9 Å². The van der Waals surface area contributed by atoms with E-state index in [-0.39, 0.29) is 16.8 Å². The lowest BCUT2D eigenvalue weighted by molar-refractivity contribution is -0.145. The predicted molar refractivity (Wildman–Crippen MR) is 118 cm³/mol. The molecule has 0 saturated heterocycles. The molecule has 0 radical (unpaired) electrons. The number of phenolic OH excluding ortho intramolecular Hbond substituents is 1. The van der Waals surface area contributed by atoms with Crippen LogP contribution in [0.4, 0.5) is 0 Å². The number of aryl methyl sites for hydroxylation is 1. The average molecular weight is 391 g/mol. The molecule has 0 fully saturated rings. The first kappa shape index (κ1) is 24.5. The van der Waals surface area contributed by atoms with Crippen molar-refractivity contribution in [2.75, 3.05) is 6.61 Å². The van der Waals surface area contributed by atoms with E-state index in [1.165, 1.54) is 0 Å². The van der Waals surface area contributed by atoms with E-state index in [4.69, 9.17) is 4.74 Å². The molecule has 0 bridgehead atoms. The number of hydrogen-bond acceptors (Lipinski definition) is 3. The van der Waals surface area contributed by atoms with E-state index in [2.05, 4.69) is 62.3 Å². The van der Waals surface area contributed by atoms with Gasteiger partial charge in [-0.15, -0.1) is 0 Å². The highest BCUT2D eigenvalue weighted by Crippen LogP contribution is 2.40. The summed E-state index contributed by atoms with van der Waals surface area (Å²) in [5.41, 5.74) is 2.63. The Labute approximate surface area is 172 Å². The molecule has 0 aliphatic rings. The number of ether oxygens (including phenoxy) is 1. The fourth-order valence-corrected chi connectivity index (χ4v) is 3.52. The highest BCUT2D eigenvalue weighted by atomic mass is 16.5. The van der Waals surface area contributed by atoms with Gasteiger partial charge in [0, 0.05) is 6.42 Å². The Bertz CT molecular complexity index is 612. The Balaban J connectivity index is 2.90. The van der Waals surface area contributed by atoms with Crippen LogP contribution >= 0.6 is 0 Å². The Morgan fingerprint density at radius 1 is 1.00 bits per heavy atom. The molecule has 1 aromatic rings. The van der Waals surface area contributed by atoms with Crippen LogP contribution in [-0.2, 0) is 26.8 Å². The number of phenols is 1. The van der Waals surface area contributed by atoms with Crippen molar-refractivity contribution in [2.24, 2.45) is 11.8 Å².